The molecule has 1 aromatic carbocycles. The number of benzene rings is 1. The maximum absolute atomic E-state index is 13.6. The van der Waals surface area contributed by atoms with Crippen LogP contribution in [0.2, 0.25) is 0 Å². The number of sulfonamides is 1. The lowest BCUT2D eigenvalue weighted by Gasteiger charge is -2.37. The Morgan fingerprint density at radius 1 is 1.26 bits per heavy atom. The Hall–Kier alpha value is -2.26. The molecule has 2 aliphatic rings. The zero-order chi connectivity index (χ0) is 24.3. The van der Waals surface area contributed by atoms with Gasteiger partial charge in [0.1, 0.15) is 16.7 Å². The van der Waals surface area contributed by atoms with Crippen LogP contribution < -0.4 is 4.74 Å². The number of fused-ring (bicyclic) bond motifs is 1. The fourth-order valence-electron chi connectivity index (χ4n) is 4.75. The average molecular weight is 486 g/mol. The molecule has 0 saturated heterocycles. The minimum absolute atomic E-state index is 0.0776. The number of pyridine rings is 1. The maximum Gasteiger partial charge on any atom is 0.247 e. The highest BCUT2D eigenvalue weighted by molar-refractivity contribution is 7.89. The van der Waals surface area contributed by atoms with Gasteiger partial charge in [-0.25, -0.2) is 8.42 Å². The van der Waals surface area contributed by atoms with Gasteiger partial charge >= 0.3 is 0 Å². The SMILES string of the molecule is C[C@H]1CN([C@@H](C)CO)S(=O)(=O)c2ccc(C3=CCCC3)cc2O[C@@H]1CN(C)Cc1ccncc1. The van der Waals surface area contributed by atoms with Gasteiger partial charge in [0, 0.05) is 44.0 Å². The van der Waals surface area contributed by atoms with Crippen LogP contribution in [0, 0.1) is 5.92 Å². The van der Waals surface area contributed by atoms with Gasteiger partial charge < -0.3 is 9.84 Å². The Bertz CT molecular complexity index is 1120. The van der Waals surface area contributed by atoms with E-state index in [1.165, 1.54) is 9.88 Å². The minimum Gasteiger partial charge on any atom is -0.487 e. The number of allylic oxidation sites excluding steroid dienone is 2. The van der Waals surface area contributed by atoms with Crippen molar-refractivity contribution in [3.8, 4) is 5.75 Å². The molecule has 0 fully saturated rings. The lowest BCUT2D eigenvalue weighted by molar-refractivity contribution is 0.0733. The van der Waals surface area contributed by atoms with Gasteiger partial charge in [-0.05, 0) is 74.2 Å². The Balaban J connectivity index is 1.69. The molecule has 3 atom stereocenters. The third-order valence-electron chi connectivity index (χ3n) is 6.77. The largest absolute Gasteiger partial charge is 0.487 e. The molecule has 1 aliphatic heterocycles. The lowest BCUT2D eigenvalue weighted by Crippen LogP contribution is -2.49. The van der Waals surface area contributed by atoms with E-state index in [0.717, 1.165) is 36.9 Å². The summed E-state index contributed by atoms with van der Waals surface area (Å²) in [4.78, 5) is 6.45. The fraction of sp³-hybridized carbons (Fsp3) is 0.500. The Labute approximate surface area is 203 Å². The van der Waals surface area contributed by atoms with Crippen molar-refractivity contribution < 1.29 is 18.3 Å². The summed E-state index contributed by atoms with van der Waals surface area (Å²) in [6.07, 6.45) is 8.73. The molecule has 0 spiro atoms. The monoisotopic (exact) mass is 485 g/mol. The molecule has 0 unspecified atom stereocenters. The van der Waals surface area contributed by atoms with E-state index in [0.29, 0.717) is 12.3 Å². The summed E-state index contributed by atoms with van der Waals surface area (Å²) in [5.74, 6) is 0.320. The van der Waals surface area contributed by atoms with Crippen LogP contribution in [0.3, 0.4) is 0 Å². The van der Waals surface area contributed by atoms with Crippen molar-refractivity contribution >= 4 is 15.6 Å². The first-order chi connectivity index (χ1) is 16.3. The van der Waals surface area contributed by atoms with Gasteiger partial charge in [-0.15, -0.1) is 0 Å². The molecule has 1 N–H and O–H groups in total. The van der Waals surface area contributed by atoms with Crippen LogP contribution in [0.4, 0.5) is 0 Å². The van der Waals surface area contributed by atoms with Crippen molar-refractivity contribution in [1.29, 1.82) is 0 Å². The molecule has 2 heterocycles. The van der Waals surface area contributed by atoms with Gasteiger partial charge in [-0.3, -0.25) is 9.88 Å². The van der Waals surface area contributed by atoms with Crippen LogP contribution in [-0.4, -0.2) is 66.6 Å². The predicted molar refractivity (Wildman–Crippen MR) is 133 cm³/mol. The molecule has 8 heteroatoms. The van der Waals surface area contributed by atoms with Gasteiger partial charge in [0.2, 0.25) is 10.0 Å². The second-order valence-corrected chi connectivity index (χ2v) is 11.4. The van der Waals surface area contributed by atoms with Crippen LogP contribution >= 0.6 is 0 Å². The van der Waals surface area contributed by atoms with E-state index in [-0.39, 0.29) is 30.1 Å². The average Bonchev–Trinajstić information content (AvgIpc) is 3.36. The van der Waals surface area contributed by atoms with Crippen molar-refractivity contribution in [2.24, 2.45) is 5.92 Å². The zero-order valence-electron chi connectivity index (χ0n) is 20.2. The number of hydrogen-bond donors (Lipinski definition) is 1. The third-order valence-corrected chi connectivity index (χ3v) is 8.79. The topological polar surface area (TPSA) is 83.0 Å². The number of aliphatic hydroxyl groups excluding tert-OH is 1. The van der Waals surface area contributed by atoms with E-state index in [1.807, 2.05) is 38.2 Å². The smallest absolute Gasteiger partial charge is 0.247 e. The Kier molecular flexibility index (Phi) is 7.72. The third kappa shape index (κ3) is 5.35. The van der Waals surface area contributed by atoms with E-state index >= 15 is 0 Å². The normalized spacial score (nSPS) is 23.5. The van der Waals surface area contributed by atoms with Gasteiger partial charge in [-0.2, -0.15) is 4.31 Å². The standard InChI is InChI=1S/C26H35N3O4S/c1-19-15-29(20(2)18-30)34(31,32)26-9-8-23(22-6-4-5-7-22)14-24(26)33-25(19)17-28(3)16-21-10-12-27-13-11-21/h6,8-14,19-20,25,30H,4-5,7,15-18H2,1-3H3/t19-,20-,25+/m0/s1. The summed E-state index contributed by atoms with van der Waals surface area (Å²) in [6, 6.07) is 8.91. The fourth-order valence-corrected chi connectivity index (χ4v) is 6.57. The van der Waals surface area contributed by atoms with Crippen molar-refractivity contribution in [3.63, 3.8) is 0 Å². The van der Waals surface area contributed by atoms with E-state index in [1.54, 1.807) is 25.4 Å². The number of hydrogen-bond acceptors (Lipinski definition) is 6. The van der Waals surface area contributed by atoms with Crippen LogP contribution in [0.15, 0.2) is 53.7 Å². The molecule has 7 nitrogen and oxygen atoms in total. The zero-order valence-corrected chi connectivity index (χ0v) is 21.0. The lowest BCUT2D eigenvalue weighted by atomic mass is 10.0. The Morgan fingerprint density at radius 3 is 2.71 bits per heavy atom. The summed E-state index contributed by atoms with van der Waals surface area (Å²) < 4.78 is 35.2. The Morgan fingerprint density at radius 2 is 2.03 bits per heavy atom. The number of nitrogens with zero attached hydrogens (tertiary/aromatic N) is 3. The highest BCUT2D eigenvalue weighted by atomic mass is 32.2. The van der Waals surface area contributed by atoms with Crippen molar-refractivity contribution in [3.05, 3.63) is 59.9 Å². The maximum atomic E-state index is 13.6. The first kappa shape index (κ1) is 24.9. The van der Waals surface area contributed by atoms with Gasteiger partial charge in [0.25, 0.3) is 0 Å². The number of ether oxygens (including phenoxy) is 1. The molecular weight excluding hydrogens is 450 g/mol. The van der Waals surface area contributed by atoms with Gasteiger partial charge in [-0.1, -0.05) is 19.1 Å². The van der Waals surface area contributed by atoms with Crippen molar-refractivity contribution in [2.75, 3.05) is 26.7 Å². The highest BCUT2D eigenvalue weighted by Gasteiger charge is 2.38. The number of rotatable bonds is 7. The molecule has 4 rings (SSSR count). The quantitative estimate of drug-likeness (QED) is 0.646. The molecular formula is C26H35N3O4S. The molecule has 34 heavy (non-hydrogen) atoms. The molecule has 0 radical (unpaired) electrons. The van der Waals surface area contributed by atoms with Crippen LogP contribution in [0.5, 0.6) is 5.75 Å². The number of likely N-dealkylation sites (N-methyl/N-ethyl adjacent to an activating group) is 1. The number of aromatic nitrogens is 1. The molecule has 184 valence electrons. The summed E-state index contributed by atoms with van der Waals surface area (Å²) in [6.45, 7) is 5.19. The predicted octanol–water partition coefficient (Wildman–Crippen LogP) is 3.55. The van der Waals surface area contributed by atoms with Crippen LogP contribution in [0.1, 0.15) is 44.2 Å². The van der Waals surface area contributed by atoms with Crippen LogP contribution in [0.25, 0.3) is 5.57 Å². The summed E-state index contributed by atoms with van der Waals surface area (Å²) >= 11 is 0. The van der Waals surface area contributed by atoms with Crippen LogP contribution in [-0.2, 0) is 16.6 Å². The molecule has 0 bridgehead atoms. The summed E-state index contributed by atoms with van der Waals surface area (Å²) in [7, 11) is -1.78. The van der Waals surface area contributed by atoms with Gasteiger partial charge in [0.05, 0.1) is 6.61 Å². The van der Waals surface area contributed by atoms with Crippen molar-refractivity contribution in [1.82, 2.24) is 14.2 Å². The van der Waals surface area contributed by atoms with E-state index in [4.69, 9.17) is 4.74 Å². The molecule has 1 aromatic heterocycles. The number of aliphatic hydroxyl groups is 1. The first-order valence-electron chi connectivity index (χ1n) is 12.0. The molecule has 2 aromatic rings. The first-order valence-corrected chi connectivity index (χ1v) is 13.4. The van der Waals surface area contributed by atoms with Crippen molar-refractivity contribution in [2.45, 2.75) is 56.7 Å². The second kappa shape index (κ2) is 10.6. The second-order valence-electron chi connectivity index (χ2n) is 9.58. The summed E-state index contributed by atoms with van der Waals surface area (Å²) in [5.41, 5.74) is 3.42. The molecule has 1 aliphatic carbocycles. The summed E-state index contributed by atoms with van der Waals surface area (Å²) in [5, 5.41) is 9.82. The highest BCUT2D eigenvalue weighted by Crippen LogP contribution is 2.37. The molecule has 0 saturated carbocycles. The molecule has 0 amide bonds. The van der Waals surface area contributed by atoms with E-state index < -0.39 is 16.1 Å². The van der Waals surface area contributed by atoms with Gasteiger partial charge in [0.15, 0.2) is 0 Å². The van der Waals surface area contributed by atoms with E-state index in [9.17, 15) is 13.5 Å². The minimum atomic E-state index is -3.82. The van der Waals surface area contributed by atoms with E-state index in [2.05, 4.69) is 16.0 Å².